The van der Waals surface area contributed by atoms with Crippen molar-refractivity contribution in [3.05, 3.63) is 114 Å². The van der Waals surface area contributed by atoms with Gasteiger partial charge in [-0.1, -0.05) is 72.3 Å². The van der Waals surface area contributed by atoms with Gasteiger partial charge < -0.3 is 5.32 Å². The highest BCUT2D eigenvalue weighted by molar-refractivity contribution is 6.05. The highest BCUT2D eigenvalue weighted by Gasteiger charge is 2.14. The van der Waals surface area contributed by atoms with Gasteiger partial charge in [-0.25, -0.2) is 9.97 Å². The van der Waals surface area contributed by atoms with Gasteiger partial charge in [0.2, 0.25) is 0 Å². The molecule has 0 aliphatic carbocycles. The summed E-state index contributed by atoms with van der Waals surface area (Å²) < 4.78 is 0. The number of carbonyl (C=O) groups excluding carboxylic acids is 1. The minimum atomic E-state index is -0.138. The van der Waals surface area contributed by atoms with Gasteiger partial charge >= 0.3 is 0 Å². The normalized spacial score (nSPS) is 10.8. The van der Waals surface area contributed by atoms with Crippen LogP contribution >= 0.6 is 0 Å². The van der Waals surface area contributed by atoms with Gasteiger partial charge in [0.25, 0.3) is 5.91 Å². The lowest BCUT2D eigenvalue weighted by atomic mass is 10.0. The molecule has 4 heteroatoms. The number of aromatic nitrogens is 2. The van der Waals surface area contributed by atoms with Crippen LogP contribution in [0.4, 0.5) is 5.69 Å². The van der Waals surface area contributed by atoms with Gasteiger partial charge in [0.05, 0.1) is 22.4 Å². The quantitative estimate of drug-likeness (QED) is 0.340. The van der Waals surface area contributed by atoms with E-state index < -0.39 is 0 Å². The molecule has 0 aliphatic rings. The van der Waals surface area contributed by atoms with Gasteiger partial charge in [-0.05, 0) is 49.7 Å². The first-order valence-electron chi connectivity index (χ1n) is 10.9. The van der Waals surface area contributed by atoms with Crippen molar-refractivity contribution in [1.82, 2.24) is 9.97 Å². The highest BCUT2D eigenvalue weighted by atomic mass is 16.1. The summed E-state index contributed by atoms with van der Waals surface area (Å²) in [6, 6.07) is 31.4. The number of benzene rings is 4. The molecule has 33 heavy (non-hydrogen) atoms. The van der Waals surface area contributed by atoms with Crippen LogP contribution in [0, 0.1) is 13.8 Å². The Kier molecular flexibility index (Phi) is 5.41. The fourth-order valence-corrected chi connectivity index (χ4v) is 3.93. The monoisotopic (exact) mass is 429 g/mol. The first-order valence-corrected chi connectivity index (χ1v) is 10.9. The Morgan fingerprint density at radius 2 is 1.24 bits per heavy atom. The molecule has 0 spiro atoms. The van der Waals surface area contributed by atoms with Crippen LogP contribution in [0.5, 0.6) is 0 Å². The lowest BCUT2D eigenvalue weighted by Crippen LogP contribution is -2.12. The molecule has 4 nitrogen and oxygen atoms in total. The van der Waals surface area contributed by atoms with E-state index in [9.17, 15) is 4.79 Å². The molecule has 0 unspecified atom stereocenters. The summed E-state index contributed by atoms with van der Waals surface area (Å²) in [6.45, 7) is 4.03. The number of fused-ring (bicyclic) bond motifs is 1. The average molecular weight is 430 g/mol. The van der Waals surface area contributed by atoms with Crippen molar-refractivity contribution < 1.29 is 4.79 Å². The molecule has 160 valence electrons. The standard InChI is InChI=1S/C29H23N3O/c1-19-12-17-24(20(2)18-19)32-29(33)23-15-13-22(14-16-23)28-27(21-8-4-3-5-9-21)30-25-10-6-7-11-26(25)31-28/h3-18H,1-2H3,(H,32,33). The molecular formula is C29H23N3O. The molecule has 1 aromatic heterocycles. The number of amides is 1. The molecule has 5 aromatic rings. The lowest BCUT2D eigenvalue weighted by molar-refractivity contribution is 0.102. The van der Waals surface area contributed by atoms with Crippen LogP contribution in [0.25, 0.3) is 33.5 Å². The molecule has 5 rings (SSSR count). The van der Waals surface area contributed by atoms with Crippen LogP contribution in [0.1, 0.15) is 21.5 Å². The fraction of sp³-hybridized carbons (Fsp3) is 0.0690. The van der Waals surface area contributed by atoms with E-state index in [2.05, 4.69) is 11.4 Å². The molecule has 0 radical (unpaired) electrons. The van der Waals surface area contributed by atoms with Gasteiger partial charge in [-0.3, -0.25) is 4.79 Å². The largest absolute Gasteiger partial charge is 0.322 e. The second-order valence-electron chi connectivity index (χ2n) is 8.13. The van der Waals surface area contributed by atoms with E-state index in [4.69, 9.17) is 9.97 Å². The number of rotatable bonds is 4. The zero-order valence-electron chi connectivity index (χ0n) is 18.5. The smallest absolute Gasteiger partial charge is 0.255 e. The average Bonchev–Trinajstić information content (AvgIpc) is 2.85. The lowest BCUT2D eigenvalue weighted by Gasteiger charge is -2.12. The highest BCUT2D eigenvalue weighted by Crippen LogP contribution is 2.31. The molecule has 0 aliphatic heterocycles. The van der Waals surface area contributed by atoms with E-state index in [1.54, 1.807) is 0 Å². The zero-order valence-corrected chi connectivity index (χ0v) is 18.5. The first kappa shape index (κ1) is 20.6. The van der Waals surface area contributed by atoms with Gasteiger partial charge in [-0.2, -0.15) is 0 Å². The van der Waals surface area contributed by atoms with Crippen LogP contribution in [0.2, 0.25) is 0 Å². The van der Waals surface area contributed by atoms with Crippen molar-refractivity contribution in [2.75, 3.05) is 5.32 Å². The maximum absolute atomic E-state index is 12.8. The number of nitrogens with one attached hydrogen (secondary N) is 1. The first-order chi connectivity index (χ1) is 16.1. The molecule has 1 heterocycles. The third-order valence-electron chi connectivity index (χ3n) is 5.67. The van der Waals surface area contributed by atoms with E-state index in [1.165, 1.54) is 5.56 Å². The molecule has 4 aromatic carbocycles. The second-order valence-corrected chi connectivity index (χ2v) is 8.13. The predicted molar refractivity (Wildman–Crippen MR) is 134 cm³/mol. The van der Waals surface area contributed by atoms with Crippen LogP contribution in [-0.4, -0.2) is 15.9 Å². The van der Waals surface area contributed by atoms with Crippen LogP contribution < -0.4 is 5.32 Å². The van der Waals surface area contributed by atoms with E-state index in [0.29, 0.717) is 5.56 Å². The Labute approximate surface area is 193 Å². The molecule has 0 atom stereocenters. The Bertz CT molecular complexity index is 1460. The number of carbonyl (C=O) groups is 1. The maximum atomic E-state index is 12.8. The molecule has 0 saturated carbocycles. The fourth-order valence-electron chi connectivity index (χ4n) is 3.93. The Morgan fingerprint density at radius 3 is 1.85 bits per heavy atom. The van der Waals surface area contributed by atoms with Gasteiger partial charge in [0.15, 0.2) is 0 Å². The summed E-state index contributed by atoms with van der Waals surface area (Å²) in [5.41, 5.74) is 8.84. The summed E-state index contributed by atoms with van der Waals surface area (Å²) in [6.07, 6.45) is 0. The van der Waals surface area contributed by atoms with Crippen molar-refractivity contribution in [3.63, 3.8) is 0 Å². The van der Waals surface area contributed by atoms with Crippen molar-refractivity contribution in [3.8, 4) is 22.5 Å². The molecule has 0 fully saturated rings. The van der Waals surface area contributed by atoms with Gasteiger partial charge in [0, 0.05) is 22.4 Å². The second kappa shape index (κ2) is 8.67. The number of hydrogen-bond acceptors (Lipinski definition) is 3. The minimum Gasteiger partial charge on any atom is -0.322 e. The maximum Gasteiger partial charge on any atom is 0.255 e. The van der Waals surface area contributed by atoms with Crippen molar-refractivity contribution in [2.24, 2.45) is 0 Å². The summed E-state index contributed by atoms with van der Waals surface area (Å²) >= 11 is 0. The summed E-state index contributed by atoms with van der Waals surface area (Å²) in [7, 11) is 0. The SMILES string of the molecule is Cc1ccc(NC(=O)c2ccc(-c3nc4ccccc4nc3-c3ccccc3)cc2)c(C)c1. The number of nitrogens with zero attached hydrogens (tertiary/aromatic N) is 2. The molecule has 1 amide bonds. The minimum absolute atomic E-state index is 0.138. The summed E-state index contributed by atoms with van der Waals surface area (Å²) in [5, 5.41) is 3.01. The number of aryl methyl sites for hydroxylation is 2. The summed E-state index contributed by atoms with van der Waals surface area (Å²) in [5.74, 6) is -0.138. The van der Waals surface area contributed by atoms with Crippen LogP contribution in [-0.2, 0) is 0 Å². The Morgan fingerprint density at radius 1 is 0.667 bits per heavy atom. The van der Waals surface area contributed by atoms with Gasteiger partial charge in [0.1, 0.15) is 0 Å². The molecule has 0 saturated heterocycles. The topological polar surface area (TPSA) is 54.9 Å². The summed E-state index contributed by atoms with van der Waals surface area (Å²) in [4.78, 5) is 22.7. The Hall–Kier alpha value is -4.31. The van der Waals surface area contributed by atoms with E-state index in [0.717, 1.165) is 44.8 Å². The van der Waals surface area contributed by atoms with Gasteiger partial charge in [-0.15, -0.1) is 0 Å². The van der Waals surface area contributed by atoms with Crippen LogP contribution in [0.3, 0.4) is 0 Å². The molecule has 0 bridgehead atoms. The number of para-hydroxylation sites is 2. The Balaban J connectivity index is 1.51. The molecular weight excluding hydrogens is 406 g/mol. The number of hydrogen-bond donors (Lipinski definition) is 1. The van der Waals surface area contributed by atoms with Crippen molar-refractivity contribution in [1.29, 1.82) is 0 Å². The third-order valence-corrected chi connectivity index (χ3v) is 5.67. The van der Waals surface area contributed by atoms with Crippen molar-refractivity contribution in [2.45, 2.75) is 13.8 Å². The van der Waals surface area contributed by atoms with E-state index in [1.807, 2.05) is 105 Å². The van der Waals surface area contributed by atoms with Crippen LogP contribution in [0.15, 0.2) is 97.1 Å². The third kappa shape index (κ3) is 4.23. The zero-order chi connectivity index (χ0) is 22.8. The van der Waals surface area contributed by atoms with E-state index in [-0.39, 0.29) is 5.91 Å². The van der Waals surface area contributed by atoms with Crippen molar-refractivity contribution >= 4 is 22.6 Å². The number of anilines is 1. The van der Waals surface area contributed by atoms with E-state index >= 15 is 0 Å². The molecule has 1 N–H and O–H groups in total. The predicted octanol–water partition coefficient (Wildman–Crippen LogP) is 6.83.